The molecule has 2 amide bonds. The van der Waals surface area contributed by atoms with Crippen LogP contribution in [0.2, 0.25) is 5.02 Å². The molecule has 0 aromatic heterocycles. The number of sulfonamides is 1. The zero-order chi connectivity index (χ0) is 25.3. The molecule has 1 atom stereocenters. The maximum absolute atomic E-state index is 13.2. The zero-order valence-electron chi connectivity index (χ0n) is 20.2. The molecule has 2 aromatic carbocycles. The molecular weight excluding hydrogens is 474 g/mol. The molecule has 0 aliphatic heterocycles. The van der Waals surface area contributed by atoms with Crippen LogP contribution in [-0.2, 0) is 26.2 Å². The van der Waals surface area contributed by atoms with Gasteiger partial charge in [0, 0.05) is 31.1 Å². The number of anilines is 1. The molecule has 9 heteroatoms. The summed E-state index contributed by atoms with van der Waals surface area (Å²) in [6.45, 7) is 6.67. The molecule has 0 heterocycles. The van der Waals surface area contributed by atoms with E-state index in [0.29, 0.717) is 36.1 Å². The first kappa shape index (κ1) is 27.7. The minimum atomic E-state index is -3.56. The van der Waals surface area contributed by atoms with Crippen molar-refractivity contribution in [3.05, 3.63) is 65.2 Å². The number of halogens is 1. The average molecular weight is 508 g/mol. The van der Waals surface area contributed by atoms with Gasteiger partial charge in [-0.1, -0.05) is 61.8 Å². The van der Waals surface area contributed by atoms with Gasteiger partial charge in [-0.3, -0.25) is 13.9 Å². The zero-order valence-corrected chi connectivity index (χ0v) is 21.8. The number of hydrogen-bond acceptors (Lipinski definition) is 4. The van der Waals surface area contributed by atoms with Gasteiger partial charge in [0.1, 0.15) is 6.04 Å². The maximum Gasteiger partial charge on any atom is 0.242 e. The monoisotopic (exact) mass is 507 g/mol. The molecule has 0 saturated carbocycles. The Labute approximate surface area is 208 Å². The number of amides is 2. The predicted molar refractivity (Wildman–Crippen MR) is 137 cm³/mol. The van der Waals surface area contributed by atoms with E-state index in [1.165, 1.54) is 4.31 Å². The van der Waals surface area contributed by atoms with Crippen LogP contribution in [0.1, 0.15) is 39.2 Å². The summed E-state index contributed by atoms with van der Waals surface area (Å²) in [5.41, 5.74) is 1.36. The van der Waals surface area contributed by atoms with E-state index in [1.807, 2.05) is 44.2 Å². The summed E-state index contributed by atoms with van der Waals surface area (Å²) in [5.74, 6) is -0.131. The molecule has 186 valence electrons. The van der Waals surface area contributed by atoms with E-state index < -0.39 is 16.1 Å². The molecule has 2 rings (SSSR count). The van der Waals surface area contributed by atoms with E-state index in [-0.39, 0.29) is 24.8 Å². The molecule has 0 aliphatic carbocycles. The highest BCUT2D eigenvalue weighted by Crippen LogP contribution is 2.22. The number of rotatable bonds is 12. The third-order valence-electron chi connectivity index (χ3n) is 5.30. The summed E-state index contributed by atoms with van der Waals surface area (Å²) in [6.07, 6.45) is 1.52. The Morgan fingerprint density at radius 2 is 1.71 bits per heavy atom. The van der Waals surface area contributed by atoms with Gasteiger partial charge in [0.2, 0.25) is 21.8 Å². The fourth-order valence-corrected chi connectivity index (χ4v) is 4.59. The van der Waals surface area contributed by atoms with Gasteiger partial charge >= 0.3 is 0 Å². The normalized spacial score (nSPS) is 12.3. The molecule has 0 radical (unpaired) electrons. The third kappa shape index (κ3) is 8.65. The molecule has 1 unspecified atom stereocenters. The second-order valence-corrected chi connectivity index (χ2v) is 11.1. The van der Waals surface area contributed by atoms with Gasteiger partial charge in [-0.25, -0.2) is 8.42 Å². The van der Waals surface area contributed by atoms with Crippen molar-refractivity contribution in [3.8, 4) is 0 Å². The number of carbonyl (C=O) groups is 2. The fraction of sp³-hybridized carbons (Fsp3) is 0.440. The summed E-state index contributed by atoms with van der Waals surface area (Å²) in [6, 6.07) is 15.4. The topological polar surface area (TPSA) is 86.8 Å². The summed E-state index contributed by atoms with van der Waals surface area (Å²) in [5, 5.41) is 3.32. The Bertz CT molecular complexity index is 1060. The third-order valence-corrected chi connectivity index (χ3v) is 6.73. The lowest BCUT2D eigenvalue weighted by atomic mass is 10.1. The van der Waals surface area contributed by atoms with Crippen LogP contribution >= 0.6 is 11.6 Å². The molecule has 7 nitrogen and oxygen atoms in total. The lowest BCUT2D eigenvalue weighted by Crippen LogP contribution is -2.48. The summed E-state index contributed by atoms with van der Waals surface area (Å²) >= 11 is 6.03. The Kier molecular flexibility index (Phi) is 10.4. The molecule has 2 aromatic rings. The highest BCUT2D eigenvalue weighted by atomic mass is 35.5. The second-order valence-electron chi connectivity index (χ2n) is 8.74. The molecule has 0 spiro atoms. The number of carbonyl (C=O) groups excluding carboxylic acids is 2. The largest absolute Gasteiger partial charge is 0.354 e. The van der Waals surface area contributed by atoms with E-state index in [0.717, 1.165) is 11.8 Å². The van der Waals surface area contributed by atoms with Crippen molar-refractivity contribution in [1.29, 1.82) is 0 Å². The Hall–Kier alpha value is -2.58. The molecule has 0 bridgehead atoms. The highest BCUT2D eigenvalue weighted by molar-refractivity contribution is 7.92. The number of nitrogens with one attached hydrogen (secondary N) is 1. The average Bonchev–Trinajstić information content (AvgIpc) is 2.77. The Morgan fingerprint density at radius 1 is 1.03 bits per heavy atom. The van der Waals surface area contributed by atoms with Crippen LogP contribution in [0.15, 0.2) is 54.6 Å². The van der Waals surface area contributed by atoms with Crippen molar-refractivity contribution in [2.75, 3.05) is 23.7 Å². The van der Waals surface area contributed by atoms with Crippen LogP contribution in [0.3, 0.4) is 0 Å². The summed E-state index contributed by atoms with van der Waals surface area (Å²) < 4.78 is 25.9. The first-order valence-corrected chi connectivity index (χ1v) is 13.6. The highest BCUT2D eigenvalue weighted by Gasteiger charge is 2.26. The van der Waals surface area contributed by atoms with Crippen molar-refractivity contribution in [3.63, 3.8) is 0 Å². The van der Waals surface area contributed by atoms with Crippen LogP contribution in [0, 0.1) is 5.92 Å². The minimum absolute atomic E-state index is 0.0984. The lowest BCUT2D eigenvalue weighted by Gasteiger charge is -2.29. The number of hydrogen-bond donors (Lipinski definition) is 1. The molecule has 0 aliphatic rings. The first-order valence-electron chi connectivity index (χ1n) is 11.3. The molecule has 0 saturated heterocycles. The van der Waals surface area contributed by atoms with Gasteiger partial charge in [0.15, 0.2) is 0 Å². The van der Waals surface area contributed by atoms with Crippen LogP contribution in [0.25, 0.3) is 0 Å². The number of benzene rings is 2. The van der Waals surface area contributed by atoms with E-state index in [9.17, 15) is 18.0 Å². The van der Waals surface area contributed by atoms with E-state index >= 15 is 0 Å². The van der Waals surface area contributed by atoms with Gasteiger partial charge in [-0.2, -0.15) is 0 Å². The SMILES string of the molecule is CC(C)CNC(=O)C(C)N(Cc1ccccc1)C(=O)CCCN(c1cccc(Cl)c1)S(C)(=O)=O. The van der Waals surface area contributed by atoms with Crippen molar-refractivity contribution < 1.29 is 18.0 Å². The van der Waals surface area contributed by atoms with Crippen LogP contribution in [-0.4, -0.2) is 50.5 Å². The standard InChI is InChI=1S/C25H34ClN3O4S/c1-19(2)17-27-25(31)20(3)28(18-21-10-6-5-7-11-21)24(30)14-9-15-29(34(4,32)33)23-13-8-12-22(26)16-23/h5-8,10-13,16,19-20H,9,14-15,17-18H2,1-4H3,(H,27,31). The van der Waals surface area contributed by atoms with Crippen molar-refractivity contribution in [1.82, 2.24) is 10.2 Å². The van der Waals surface area contributed by atoms with E-state index in [4.69, 9.17) is 11.6 Å². The minimum Gasteiger partial charge on any atom is -0.354 e. The van der Waals surface area contributed by atoms with Crippen LogP contribution in [0.5, 0.6) is 0 Å². The smallest absolute Gasteiger partial charge is 0.242 e. The molecule has 0 fully saturated rings. The van der Waals surface area contributed by atoms with Gasteiger partial charge in [-0.05, 0) is 43.0 Å². The molecular formula is C25H34ClN3O4S. The van der Waals surface area contributed by atoms with E-state index in [1.54, 1.807) is 36.1 Å². The summed E-state index contributed by atoms with van der Waals surface area (Å²) in [4.78, 5) is 27.5. The van der Waals surface area contributed by atoms with Crippen LogP contribution in [0.4, 0.5) is 5.69 Å². The van der Waals surface area contributed by atoms with Gasteiger partial charge < -0.3 is 10.2 Å². The van der Waals surface area contributed by atoms with Gasteiger partial charge in [0.05, 0.1) is 11.9 Å². The maximum atomic E-state index is 13.2. The Balaban J connectivity index is 2.13. The van der Waals surface area contributed by atoms with E-state index in [2.05, 4.69) is 5.32 Å². The van der Waals surface area contributed by atoms with Gasteiger partial charge in [0.25, 0.3) is 0 Å². The Morgan fingerprint density at radius 3 is 2.29 bits per heavy atom. The second kappa shape index (κ2) is 12.8. The van der Waals surface area contributed by atoms with Crippen molar-refractivity contribution >= 4 is 39.1 Å². The van der Waals surface area contributed by atoms with Crippen molar-refractivity contribution in [2.45, 2.75) is 46.2 Å². The lowest BCUT2D eigenvalue weighted by molar-refractivity contribution is -0.140. The van der Waals surface area contributed by atoms with Gasteiger partial charge in [-0.15, -0.1) is 0 Å². The molecule has 34 heavy (non-hydrogen) atoms. The van der Waals surface area contributed by atoms with Crippen molar-refractivity contribution in [2.24, 2.45) is 5.92 Å². The van der Waals surface area contributed by atoms with Crippen LogP contribution < -0.4 is 9.62 Å². The number of nitrogens with zero attached hydrogens (tertiary/aromatic N) is 2. The molecule has 1 N–H and O–H groups in total. The predicted octanol–water partition coefficient (Wildman–Crippen LogP) is 4.08. The first-order chi connectivity index (χ1) is 16.0. The fourth-order valence-electron chi connectivity index (χ4n) is 3.45. The summed E-state index contributed by atoms with van der Waals surface area (Å²) in [7, 11) is -3.56. The quantitative estimate of drug-likeness (QED) is 0.469.